The monoisotopic (exact) mass is 480 g/mol. The van der Waals surface area contributed by atoms with Gasteiger partial charge in [0.1, 0.15) is 24.2 Å². The van der Waals surface area contributed by atoms with E-state index < -0.39 is 37.6 Å². The number of aliphatic hydroxyl groups excluding tert-OH is 2. The molecule has 14 heteroatoms. The SMILES string of the molecule is CC.Nc1nc(/C(=N/OCC(O)CO)C(=O)NC2Cc3cccc(C(=O)O)c3OB2O)cs1. The Hall–Kier alpha value is -3.20. The van der Waals surface area contributed by atoms with Crippen LogP contribution in [0.3, 0.4) is 0 Å². The fourth-order valence-electron chi connectivity index (χ4n) is 2.79. The number of fused-ring (bicyclic) bond motifs is 1. The van der Waals surface area contributed by atoms with Crippen LogP contribution in [0.25, 0.3) is 0 Å². The van der Waals surface area contributed by atoms with E-state index in [0.717, 1.165) is 11.3 Å². The lowest BCUT2D eigenvalue weighted by molar-refractivity contribution is -0.115. The third kappa shape index (κ3) is 6.65. The first-order chi connectivity index (χ1) is 15.8. The van der Waals surface area contributed by atoms with Crippen molar-refractivity contribution in [1.82, 2.24) is 10.3 Å². The number of amides is 1. The predicted molar refractivity (Wildman–Crippen MR) is 121 cm³/mol. The van der Waals surface area contributed by atoms with Crippen molar-refractivity contribution in [3.63, 3.8) is 0 Å². The normalized spacial score (nSPS) is 16.0. The van der Waals surface area contributed by atoms with Gasteiger partial charge in [0.15, 0.2) is 10.8 Å². The Morgan fingerprint density at radius 3 is 2.79 bits per heavy atom. The third-order valence-corrected chi connectivity index (χ3v) is 4.95. The molecule has 1 aromatic carbocycles. The molecule has 0 aliphatic carbocycles. The van der Waals surface area contributed by atoms with Crippen molar-refractivity contribution in [2.45, 2.75) is 32.3 Å². The number of nitrogens with two attached hydrogens (primary N) is 1. The lowest BCUT2D eigenvalue weighted by Crippen LogP contribution is -2.54. The first-order valence-corrected chi connectivity index (χ1v) is 10.9. The summed E-state index contributed by atoms with van der Waals surface area (Å²) in [6.45, 7) is 3.08. The number of hydrogen-bond acceptors (Lipinski definition) is 11. The summed E-state index contributed by atoms with van der Waals surface area (Å²) in [5.41, 5.74) is 5.85. The number of carboxylic acids is 1. The molecule has 178 valence electrons. The average molecular weight is 480 g/mol. The van der Waals surface area contributed by atoms with Gasteiger partial charge in [0, 0.05) is 5.38 Å². The standard InChI is InChI=1S/C17H19BN4O8S.C2H6/c19-17-20-11(7-31-17)13(22-29-6-9(24)5-23)15(25)21-12-4-8-2-1-3-10(16(26)27)14(8)30-18(12)28;1-2/h1-3,7,9,12,23-24,28H,4-6H2,(H2,19,20)(H,21,25)(H,26,27);1-2H3/b22-13-;. The van der Waals surface area contributed by atoms with Gasteiger partial charge in [0.25, 0.3) is 5.91 Å². The number of benzene rings is 1. The van der Waals surface area contributed by atoms with Crippen LogP contribution in [0.5, 0.6) is 5.75 Å². The highest BCUT2D eigenvalue weighted by Crippen LogP contribution is 2.30. The van der Waals surface area contributed by atoms with Gasteiger partial charge in [-0.05, 0) is 18.1 Å². The number of para-hydroxylation sites is 1. The number of aromatic carboxylic acids is 1. The summed E-state index contributed by atoms with van der Waals surface area (Å²) < 4.78 is 5.35. The third-order valence-electron chi connectivity index (χ3n) is 4.28. The number of aromatic nitrogens is 1. The summed E-state index contributed by atoms with van der Waals surface area (Å²) in [7, 11) is -1.52. The minimum atomic E-state index is -1.52. The molecule has 0 spiro atoms. The highest BCUT2D eigenvalue weighted by atomic mass is 32.1. The van der Waals surface area contributed by atoms with Gasteiger partial charge in [-0.3, -0.25) is 4.79 Å². The van der Waals surface area contributed by atoms with Crippen LogP contribution in [0.4, 0.5) is 5.13 Å². The lowest BCUT2D eigenvalue weighted by atomic mass is 9.72. The fourth-order valence-corrected chi connectivity index (χ4v) is 3.34. The molecule has 2 aromatic rings. The van der Waals surface area contributed by atoms with E-state index in [-0.39, 0.29) is 40.9 Å². The molecule has 7 N–H and O–H groups in total. The fraction of sp³-hybridized carbons (Fsp3) is 0.368. The number of hydrogen-bond donors (Lipinski definition) is 6. The Labute approximate surface area is 193 Å². The van der Waals surface area contributed by atoms with Gasteiger partial charge in [0.2, 0.25) is 0 Å². The summed E-state index contributed by atoms with van der Waals surface area (Å²) in [6, 6.07) is 4.51. The van der Waals surface area contributed by atoms with E-state index in [1.807, 2.05) is 13.8 Å². The number of carbonyl (C=O) groups excluding carboxylic acids is 1. The topological polar surface area (TPSA) is 197 Å². The molecule has 0 saturated heterocycles. The van der Waals surface area contributed by atoms with E-state index in [4.69, 9.17) is 20.3 Å². The van der Waals surface area contributed by atoms with E-state index in [0.29, 0.717) is 5.56 Å². The highest BCUT2D eigenvalue weighted by molar-refractivity contribution is 7.13. The summed E-state index contributed by atoms with van der Waals surface area (Å²) in [5.74, 6) is -2.86. The number of thiazole rings is 1. The minimum Gasteiger partial charge on any atom is -0.534 e. The van der Waals surface area contributed by atoms with E-state index in [2.05, 4.69) is 15.5 Å². The molecule has 33 heavy (non-hydrogen) atoms. The summed E-state index contributed by atoms with van der Waals surface area (Å²) in [5, 5.41) is 45.7. The Bertz CT molecular complexity index is 1000. The summed E-state index contributed by atoms with van der Waals surface area (Å²) >= 11 is 1.07. The Morgan fingerprint density at radius 1 is 1.45 bits per heavy atom. The van der Waals surface area contributed by atoms with Crippen molar-refractivity contribution in [1.29, 1.82) is 0 Å². The maximum absolute atomic E-state index is 12.8. The number of rotatable bonds is 8. The predicted octanol–water partition coefficient (Wildman–Crippen LogP) is -0.337. The molecule has 1 aromatic heterocycles. The van der Waals surface area contributed by atoms with Crippen LogP contribution in [0.2, 0.25) is 0 Å². The van der Waals surface area contributed by atoms with Crippen LogP contribution in [0.1, 0.15) is 35.5 Å². The molecule has 0 saturated carbocycles. The second-order valence-electron chi connectivity index (χ2n) is 6.53. The summed E-state index contributed by atoms with van der Waals surface area (Å²) in [4.78, 5) is 33.1. The Morgan fingerprint density at radius 2 is 2.18 bits per heavy atom. The minimum absolute atomic E-state index is 0.0375. The number of nitrogens with zero attached hydrogens (tertiary/aromatic N) is 2. The molecular weight excluding hydrogens is 455 g/mol. The van der Waals surface area contributed by atoms with Crippen LogP contribution < -0.4 is 15.7 Å². The molecular formula is C19H25BN4O8S. The number of anilines is 1. The van der Waals surface area contributed by atoms with Gasteiger partial charge in [-0.25, -0.2) is 9.78 Å². The van der Waals surface area contributed by atoms with Crippen molar-refractivity contribution in [3.8, 4) is 5.75 Å². The van der Waals surface area contributed by atoms with Crippen molar-refractivity contribution in [2.75, 3.05) is 18.9 Å². The zero-order valence-corrected chi connectivity index (χ0v) is 18.8. The molecule has 2 heterocycles. The number of carbonyl (C=O) groups is 2. The molecule has 3 rings (SSSR count). The van der Waals surface area contributed by atoms with Crippen molar-refractivity contribution < 1.29 is 39.4 Å². The van der Waals surface area contributed by atoms with Gasteiger partial charge < -0.3 is 40.9 Å². The average Bonchev–Trinajstić information content (AvgIpc) is 3.23. The molecule has 0 fully saturated rings. The van der Waals surface area contributed by atoms with Crippen LogP contribution in [-0.2, 0) is 16.1 Å². The number of aliphatic hydroxyl groups is 2. The lowest BCUT2D eigenvalue weighted by Gasteiger charge is -2.28. The summed E-state index contributed by atoms with van der Waals surface area (Å²) in [6.07, 6.45) is -1.10. The molecule has 12 nitrogen and oxygen atoms in total. The molecule has 1 aliphatic heterocycles. The van der Waals surface area contributed by atoms with E-state index in [9.17, 15) is 24.8 Å². The van der Waals surface area contributed by atoms with Crippen LogP contribution in [0, 0.1) is 0 Å². The maximum Gasteiger partial charge on any atom is 0.547 e. The molecule has 2 unspecified atom stereocenters. The largest absolute Gasteiger partial charge is 0.547 e. The number of nitrogens with one attached hydrogen (secondary N) is 1. The van der Waals surface area contributed by atoms with Crippen LogP contribution in [-0.4, -0.2) is 75.3 Å². The second-order valence-corrected chi connectivity index (χ2v) is 7.42. The van der Waals surface area contributed by atoms with E-state index in [1.165, 1.54) is 17.5 Å². The molecule has 1 amide bonds. The molecule has 1 aliphatic rings. The van der Waals surface area contributed by atoms with Crippen molar-refractivity contribution in [3.05, 3.63) is 40.4 Å². The Balaban J connectivity index is 0.00000187. The first kappa shape index (κ1) is 26.1. The maximum atomic E-state index is 12.8. The van der Waals surface area contributed by atoms with Gasteiger partial charge in [0.05, 0.1) is 18.1 Å². The van der Waals surface area contributed by atoms with Crippen LogP contribution >= 0.6 is 11.3 Å². The van der Waals surface area contributed by atoms with Gasteiger partial charge in [-0.2, -0.15) is 0 Å². The Kier molecular flexibility index (Phi) is 9.60. The van der Waals surface area contributed by atoms with Gasteiger partial charge in [-0.1, -0.05) is 31.1 Å². The first-order valence-electron chi connectivity index (χ1n) is 10.0. The smallest absolute Gasteiger partial charge is 0.534 e. The molecule has 0 bridgehead atoms. The zero-order chi connectivity index (χ0) is 24.5. The highest BCUT2D eigenvalue weighted by Gasteiger charge is 2.38. The molecule has 0 radical (unpaired) electrons. The number of oxime groups is 1. The quantitative estimate of drug-likeness (QED) is 0.165. The number of carboxylic acid groups (broad SMARTS) is 1. The zero-order valence-electron chi connectivity index (χ0n) is 18.0. The van der Waals surface area contributed by atoms with Crippen molar-refractivity contribution >= 4 is 41.2 Å². The van der Waals surface area contributed by atoms with E-state index in [1.54, 1.807) is 6.07 Å². The number of nitrogen functional groups attached to an aromatic ring is 1. The van der Waals surface area contributed by atoms with Crippen molar-refractivity contribution in [2.24, 2.45) is 5.16 Å². The van der Waals surface area contributed by atoms with Gasteiger partial charge >= 0.3 is 13.1 Å². The molecule has 2 atom stereocenters. The van der Waals surface area contributed by atoms with Gasteiger partial charge in [-0.15, -0.1) is 11.3 Å². The van der Waals surface area contributed by atoms with E-state index >= 15 is 0 Å². The second kappa shape index (κ2) is 12.2. The van der Waals surface area contributed by atoms with Crippen LogP contribution in [0.15, 0.2) is 28.7 Å².